The Kier molecular flexibility index (Phi) is 5.88. The molecule has 1 amide bonds. The normalized spacial score (nSPS) is 18.4. The van der Waals surface area contributed by atoms with Crippen molar-refractivity contribution < 1.29 is 18.3 Å². The molecule has 0 spiro atoms. The number of pyridine rings is 1. The maximum Gasteiger partial charge on any atom is 0.270 e. The number of aryl methyl sites for hydroxylation is 1. The van der Waals surface area contributed by atoms with E-state index in [1.807, 2.05) is 18.7 Å². The molecule has 0 aliphatic carbocycles. The summed E-state index contributed by atoms with van der Waals surface area (Å²) in [5.41, 5.74) is 0.864. The first-order valence-corrected chi connectivity index (χ1v) is 10.3. The summed E-state index contributed by atoms with van der Waals surface area (Å²) in [5.74, 6) is -1.90. The lowest BCUT2D eigenvalue weighted by molar-refractivity contribution is -0.0437. The van der Waals surface area contributed by atoms with E-state index < -0.39 is 17.7 Å². The van der Waals surface area contributed by atoms with Gasteiger partial charge < -0.3 is 15.0 Å². The van der Waals surface area contributed by atoms with E-state index in [2.05, 4.69) is 20.3 Å². The van der Waals surface area contributed by atoms with Crippen LogP contribution in [0.3, 0.4) is 0 Å². The molecule has 4 rings (SSSR count). The van der Waals surface area contributed by atoms with E-state index in [1.54, 1.807) is 12.1 Å². The number of benzene rings is 1. The van der Waals surface area contributed by atoms with E-state index in [9.17, 15) is 14.0 Å². The van der Waals surface area contributed by atoms with Gasteiger partial charge in [0.2, 0.25) is 0 Å². The lowest BCUT2D eigenvalue weighted by atomic mass is 9.99. The minimum Gasteiger partial charge on any atom is -0.483 e. The molecule has 0 bridgehead atoms. The van der Waals surface area contributed by atoms with Gasteiger partial charge in [-0.25, -0.2) is 14.4 Å². The number of carbonyl (C=O) groups is 1. The summed E-state index contributed by atoms with van der Waals surface area (Å²) in [6, 6.07) is 6.00. The third kappa shape index (κ3) is 3.93. The molecule has 1 saturated heterocycles. The van der Waals surface area contributed by atoms with Crippen LogP contribution < -0.4 is 15.6 Å². The van der Waals surface area contributed by atoms with Gasteiger partial charge in [-0.15, -0.1) is 0 Å². The Morgan fingerprint density at radius 2 is 2.06 bits per heavy atom. The summed E-state index contributed by atoms with van der Waals surface area (Å²) in [6.07, 6.45) is 0.153. The van der Waals surface area contributed by atoms with Crippen molar-refractivity contribution >= 4 is 16.9 Å². The summed E-state index contributed by atoms with van der Waals surface area (Å²) in [5, 5.41) is 2.38. The van der Waals surface area contributed by atoms with Gasteiger partial charge in [0.15, 0.2) is 11.6 Å². The van der Waals surface area contributed by atoms with Gasteiger partial charge in [-0.05, 0) is 31.5 Å². The molecular weight excluding hydrogens is 420 g/mol. The zero-order valence-corrected chi connectivity index (χ0v) is 17.9. The third-order valence-corrected chi connectivity index (χ3v) is 5.75. The standard InChI is InChI=1S/C22H23F2N5O3/c1-4-13-22(31)28-19-14(26-13)6-5-12(18(19)23)9-29-10-17(11(29)2)32-16-8-7-15(21(30)25-3)27-20(16)24/h5-8,11,17H,4,9-10H2,1-3H3,(H,25,30)(H,28,31)/t11-,17+/m1/s1. The van der Waals surface area contributed by atoms with Crippen LogP contribution in [-0.2, 0) is 13.0 Å². The van der Waals surface area contributed by atoms with E-state index >= 15 is 4.39 Å². The second-order valence-corrected chi connectivity index (χ2v) is 7.69. The largest absolute Gasteiger partial charge is 0.483 e. The average Bonchev–Trinajstić information content (AvgIpc) is 2.79. The Hall–Kier alpha value is -3.40. The number of likely N-dealkylation sites (tertiary alicyclic amines) is 1. The third-order valence-electron chi connectivity index (χ3n) is 5.75. The number of aromatic amines is 1. The quantitative estimate of drug-likeness (QED) is 0.567. The molecule has 2 N–H and O–H groups in total. The molecule has 3 aromatic rings. The number of hydrogen-bond acceptors (Lipinski definition) is 6. The van der Waals surface area contributed by atoms with Crippen LogP contribution >= 0.6 is 0 Å². The monoisotopic (exact) mass is 443 g/mol. The van der Waals surface area contributed by atoms with Crippen LogP contribution in [0.25, 0.3) is 11.0 Å². The molecule has 1 aromatic carbocycles. The molecule has 10 heteroatoms. The number of aromatic nitrogens is 3. The maximum atomic E-state index is 15.0. The van der Waals surface area contributed by atoms with Crippen LogP contribution in [0.2, 0.25) is 0 Å². The Morgan fingerprint density at radius 3 is 2.72 bits per heavy atom. The minimum absolute atomic E-state index is 0.0361. The van der Waals surface area contributed by atoms with Crippen molar-refractivity contribution in [1.82, 2.24) is 25.2 Å². The Bertz CT molecular complexity index is 1250. The van der Waals surface area contributed by atoms with E-state index in [-0.39, 0.29) is 34.7 Å². The van der Waals surface area contributed by atoms with Gasteiger partial charge in [0.25, 0.3) is 17.4 Å². The lowest BCUT2D eigenvalue weighted by Gasteiger charge is -2.45. The van der Waals surface area contributed by atoms with Crippen molar-refractivity contribution in [2.75, 3.05) is 13.6 Å². The van der Waals surface area contributed by atoms with Gasteiger partial charge in [-0.1, -0.05) is 13.0 Å². The number of H-pyrrole nitrogens is 1. The fourth-order valence-corrected chi connectivity index (χ4v) is 3.70. The van der Waals surface area contributed by atoms with Gasteiger partial charge in [0.1, 0.15) is 23.0 Å². The highest BCUT2D eigenvalue weighted by Gasteiger charge is 2.38. The summed E-state index contributed by atoms with van der Waals surface area (Å²) in [4.78, 5) is 36.0. The van der Waals surface area contributed by atoms with Gasteiger partial charge >= 0.3 is 0 Å². The van der Waals surface area contributed by atoms with Crippen LogP contribution in [0.4, 0.5) is 8.78 Å². The molecule has 168 valence electrons. The number of rotatable bonds is 6. The molecule has 0 saturated carbocycles. The molecular formula is C22H23F2N5O3. The molecule has 1 fully saturated rings. The fourth-order valence-electron chi connectivity index (χ4n) is 3.70. The average molecular weight is 443 g/mol. The van der Waals surface area contributed by atoms with Crippen LogP contribution in [-0.4, -0.2) is 51.5 Å². The number of halogens is 2. The molecule has 0 radical (unpaired) electrons. The second kappa shape index (κ2) is 8.62. The molecule has 1 aliphatic heterocycles. The Morgan fingerprint density at radius 1 is 1.28 bits per heavy atom. The molecule has 2 atom stereocenters. The number of nitrogens with zero attached hydrogens (tertiary/aromatic N) is 3. The highest BCUT2D eigenvalue weighted by molar-refractivity contribution is 5.92. The van der Waals surface area contributed by atoms with Crippen molar-refractivity contribution in [2.24, 2.45) is 0 Å². The SMILES string of the molecule is CCc1nc2ccc(CN3C[C@H](Oc4ccc(C(=O)NC)nc4F)[C@H]3C)c(F)c2[nH]c1=O. The summed E-state index contributed by atoms with van der Waals surface area (Å²) < 4.78 is 34.9. The topological polar surface area (TPSA) is 100 Å². The van der Waals surface area contributed by atoms with Crippen LogP contribution in [0, 0.1) is 11.8 Å². The van der Waals surface area contributed by atoms with Crippen LogP contribution in [0.5, 0.6) is 5.75 Å². The lowest BCUT2D eigenvalue weighted by Crippen LogP contribution is -2.60. The smallest absolute Gasteiger partial charge is 0.270 e. The fraction of sp³-hybridized carbons (Fsp3) is 0.364. The van der Waals surface area contributed by atoms with Crippen molar-refractivity contribution in [1.29, 1.82) is 0 Å². The first kappa shape index (κ1) is 21.8. The van der Waals surface area contributed by atoms with Gasteiger partial charge in [0.05, 0.1) is 5.52 Å². The second-order valence-electron chi connectivity index (χ2n) is 7.69. The van der Waals surface area contributed by atoms with Gasteiger partial charge in [-0.2, -0.15) is 4.39 Å². The number of amides is 1. The summed E-state index contributed by atoms with van der Waals surface area (Å²) in [6.45, 7) is 4.47. The van der Waals surface area contributed by atoms with Gasteiger partial charge in [-0.3, -0.25) is 14.5 Å². The number of fused-ring (bicyclic) bond motifs is 1. The van der Waals surface area contributed by atoms with Crippen molar-refractivity contribution in [2.45, 2.75) is 39.0 Å². The Labute approximate surface area is 182 Å². The zero-order valence-electron chi connectivity index (χ0n) is 17.9. The van der Waals surface area contributed by atoms with Crippen molar-refractivity contribution in [3.8, 4) is 5.75 Å². The summed E-state index contributed by atoms with van der Waals surface area (Å²) in [7, 11) is 1.44. The predicted molar refractivity (Wildman–Crippen MR) is 114 cm³/mol. The predicted octanol–water partition coefficient (Wildman–Crippen LogP) is 2.17. The molecule has 1 aliphatic rings. The van der Waals surface area contributed by atoms with Crippen molar-refractivity contribution in [3.05, 3.63) is 63.3 Å². The van der Waals surface area contributed by atoms with Gasteiger partial charge in [0, 0.05) is 31.7 Å². The highest BCUT2D eigenvalue weighted by Crippen LogP contribution is 2.28. The highest BCUT2D eigenvalue weighted by atomic mass is 19.1. The number of carbonyl (C=O) groups excluding carboxylic acids is 1. The maximum absolute atomic E-state index is 15.0. The van der Waals surface area contributed by atoms with E-state index in [4.69, 9.17) is 4.74 Å². The van der Waals surface area contributed by atoms with E-state index in [0.717, 1.165) is 0 Å². The van der Waals surface area contributed by atoms with E-state index in [1.165, 1.54) is 19.2 Å². The van der Waals surface area contributed by atoms with Crippen molar-refractivity contribution in [3.63, 3.8) is 0 Å². The number of hydrogen-bond donors (Lipinski definition) is 2. The van der Waals surface area contributed by atoms with Crippen LogP contribution in [0.1, 0.15) is 35.6 Å². The number of nitrogens with one attached hydrogen (secondary N) is 2. The molecule has 8 nitrogen and oxygen atoms in total. The summed E-state index contributed by atoms with van der Waals surface area (Å²) >= 11 is 0. The molecule has 32 heavy (non-hydrogen) atoms. The number of ether oxygens (including phenoxy) is 1. The Balaban J connectivity index is 1.45. The molecule has 2 aromatic heterocycles. The molecule has 3 heterocycles. The van der Waals surface area contributed by atoms with E-state index in [0.29, 0.717) is 36.3 Å². The first-order chi connectivity index (χ1) is 15.3. The zero-order chi connectivity index (χ0) is 23.0. The van der Waals surface area contributed by atoms with Crippen LogP contribution in [0.15, 0.2) is 29.1 Å². The first-order valence-electron chi connectivity index (χ1n) is 10.3. The molecule has 0 unspecified atom stereocenters. The minimum atomic E-state index is -0.861.